The molecule has 2 aromatic rings. The Bertz CT molecular complexity index is 604. The van der Waals surface area contributed by atoms with Crippen LogP contribution in [0.25, 0.3) is 0 Å². The van der Waals surface area contributed by atoms with E-state index in [1.807, 2.05) is 0 Å². The third kappa shape index (κ3) is 3.06. The number of aromatic nitrogens is 4. The molecule has 2 atom stereocenters. The summed E-state index contributed by atoms with van der Waals surface area (Å²) < 4.78 is 10.9. The van der Waals surface area contributed by atoms with Gasteiger partial charge in [-0.25, -0.2) is 0 Å². The van der Waals surface area contributed by atoms with E-state index in [1.54, 1.807) is 42.7 Å². The number of nitrogens with one attached hydrogen (secondary N) is 1. The van der Waals surface area contributed by atoms with Gasteiger partial charge in [-0.15, -0.1) is 0 Å². The van der Waals surface area contributed by atoms with E-state index in [2.05, 4.69) is 20.4 Å². The zero-order valence-electron chi connectivity index (χ0n) is 12.2. The molecule has 8 nitrogen and oxygen atoms in total. The van der Waals surface area contributed by atoms with Crippen molar-refractivity contribution in [1.82, 2.24) is 25.3 Å². The van der Waals surface area contributed by atoms with Crippen molar-refractivity contribution < 1.29 is 14.3 Å². The van der Waals surface area contributed by atoms with Crippen LogP contribution in [0, 0.1) is 0 Å². The molecule has 0 bridgehead atoms. The van der Waals surface area contributed by atoms with Crippen molar-refractivity contribution in [2.75, 3.05) is 26.8 Å². The van der Waals surface area contributed by atoms with Gasteiger partial charge in [0.2, 0.25) is 0 Å². The van der Waals surface area contributed by atoms with Gasteiger partial charge in [-0.2, -0.15) is 15.4 Å². The molecule has 1 saturated heterocycles. The van der Waals surface area contributed by atoms with Crippen LogP contribution in [-0.2, 0) is 9.53 Å². The van der Waals surface area contributed by atoms with E-state index in [9.17, 15) is 4.79 Å². The largest absolute Gasteiger partial charge is 0.482 e. The Labute approximate surface area is 127 Å². The van der Waals surface area contributed by atoms with Gasteiger partial charge < -0.3 is 14.4 Å². The second-order valence-corrected chi connectivity index (χ2v) is 5.05. The molecule has 1 amide bonds. The lowest BCUT2D eigenvalue weighted by molar-refractivity contribution is -0.132. The van der Waals surface area contributed by atoms with E-state index in [-0.39, 0.29) is 24.5 Å². The Morgan fingerprint density at radius 2 is 2.36 bits per heavy atom. The fourth-order valence-electron chi connectivity index (χ4n) is 2.56. The maximum Gasteiger partial charge on any atom is 0.260 e. The molecule has 0 saturated carbocycles. The van der Waals surface area contributed by atoms with Gasteiger partial charge in [-0.3, -0.25) is 9.78 Å². The molecule has 2 aromatic heterocycles. The van der Waals surface area contributed by atoms with E-state index < -0.39 is 0 Å². The summed E-state index contributed by atoms with van der Waals surface area (Å²) in [6.45, 7) is 1.04. The highest BCUT2D eigenvalue weighted by Gasteiger charge is 2.37. The van der Waals surface area contributed by atoms with Crippen LogP contribution in [0.4, 0.5) is 0 Å². The Balaban J connectivity index is 1.59. The fourth-order valence-corrected chi connectivity index (χ4v) is 2.56. The first-order valence-electron chi connectivity index (χ1n) is 6.97. The maximum atomic E-state index is 12.3. The quantitative estimate of drug-likeness (QED) is 0.849. The first-order chi connectivity index (χ1) is 10.8. The van der Waals surface area contributed by atoms with Crippen LogP contribution in [-0.4, -0.2) is 64.1 Å². The van der Waals surface area contributed by atoms with E-state index in [0.29, 0.717) is 18.8 Å². The van der Waals surface area contributed by atoms with E-state index in [0.717, 1.165) is 5.69 Å². The standard InChI is InChI=1S/C14H17N5O3/c1-21-13-8-19(7-11(13)12-6-16-18-17-12)14(20)9-22-10-3-2-4-15-5-10/h2-6,11,13H,7-9H2,1H3,(H,16,17,18)/t11-,13+/m0/s1. The van der Waals surface area contributed by atoms with E-state index in [1.165, 1.54) is 0 Å². The molecular weight excluding hydrogens is 286 g/mol. The van der Waals surface area contributed by atoms with Gasteiger partial charge >= 0.3 is 0 Å². The fraction of sp³-hybridized carbons (Fsp3) is 0.429. The van der Waals surface area contributed by atoms with Crippen LogP contribution in [0.2, 0.25) is 0 Å². The summed E-state index contributed by atoms with van der Waals surface area (Å²) in [6.07, 6.45) is 4.80. The number of carbonyl (C=O) groups excluding carboxylic acids is 1. The van der Waals surface area contributed by atoms with Gasteiger partial charge in [0.1, 0.15) is 5.75 Å². The molecule has 3 heterocycles. The number of hydrogen-bond acceptors (Lipinski definition) is 6. The summed E-state index contributed by atoms with van der Waals surface area (Å²) in [5.74, 6) is 0.509. The number of carbonyl (C=O) groups is 1. The van der Waals surface area contributed by atoms with Crippen molar-refractivity contribution >= 4 is 5.91 Å². The smallest absolute Gasteiger partial charge is 0.260 e. The second kappa shape index (κ2) is 6.52. The number of aromatic amines is 1. The number of H-pyrrole nitrogens is 1. The highest BCUT2D eigenvalue weighted by Crippen LogP contribution is 2.27. The highest BCUT2D eigenvalue weighted by molar-refractivity contribution is 5.78. The minimum atomic E-state index is -0.0903. The summed E-state index contributed by atoms with van der Waals surface area (Å²) in [5, 5.41) is 10.5. The van der Waals surface area contributed by atoms with Crippen molar-refractivity contribution in [3.8, 4) is 5.75 Å². The normalized spacial score (nSPS) is 21.0. The van der Waals surface area contributed by atoms with E-state index >= 15 is 0 Å². The zero-order valence-corrected chi connectivity index (χ0v) is 12.2. The monoisotopic (exact) mass is 303 g/mol. The number of pyridine rings is 1. The van der Waals surface area contributed by atoms with Gasteiger partial charge in [0.15, 0.2) is 6.61 Å². The molecule has 0 spiro atoms. The predicted molar refractivity (Wildman–Crippen MR) is 76.2 cm³/mol. The van der Waals surface area contributed by atoms with Gasteiger partial charge in [-0.1, -0.05) is 0 Å². The molecule has 1 aliphatic rings. The number of methoxy groups -OCH3 is 1. The molecule has 1 aliphatic heterocycles. The molecule has 1 fully saturated rings. The van der Waals surface area contributed by atoms with Crippen molar-refractivity contribution in [3.05, 3.63) is 36.4 Å². The Hall–Kier alpha value is -2.48. The second-order valence-electron chi connectivity index (χ2n) is 5.05. The number of likely N-dealkylation sites (tertiary alicyclic amines) is 1. The summed E-state index contributed by atoms with van der Waals surface area (Å²) in [4.78, 5) is 17.9. The van der Waals surface area contributed by atoms with Crippen LogP contribution in [0.5, 0.6) is 5.75 Å². The summed E-state index contributed by atoms with van der Waals surface area (Å²) in [7, 11) is 1.64. The lowest BCUT2D eigenvalue weighted by Crippen LogP contribution is -2.33. The molecule has 0 aromatic carbocycles. The van der Waals surface area contributed by atoms with Gasteiger partial charge in [-0.05, 0) is 12.1 Å². The average molecular weight is 303 g/mol. The molecule has 116 valence electrons. The first-order valence-corrected chi connectivity index (χ1v) is 6.97. The van der Waals surface area contributed by atoms with Gasteiger partial charge in [0.25, 0.3) is 5.91 Å². The van der Waals surface area contributed by atoms with Gasteiger partial charge in [0.05, 0.1) is 30.1 Å². The number of amides is 1. The van der Waals surface area contributed by atoms with Crippen LogP contribution in [0.3, 0.4) is 0 Å². The number of ether oxygens (including phenoxy) is 2. The molecule has 0 unspecified atom stereocenters. The van der Waals surface area contributed by atoms with Crippen LogP contribution in [0.15, 0.2) is 30.7 Å². The van der Waals surface area contributed by atoms with Crippen molar-refractivity contribution in [2.45, 2.75) is 12.0 Å². The molecule has 3 rings (SSSR count). The molecule has 8 heteroatoms. The Morgan fingerprint density at radius 1 is 1.45 bits per heavy atom. The zero-order chi connectivity index (χ0) is 15.4. The minimum absolute atomic E-state index is 0.0195. The molecule has 22 heavy (non-hydrogen) atoms. The van der Waals surface area contributed by atoms with Crippen molar-refractivity contribution in [2.24, 2.45) is 0 Å². The summed E-state index contributed by atoms with van der Waals surface area (Å²) in [5.41, 5.74) is 0.801. The third-order valence-corrected chi connectivity index (χ3v) is 3.73. The van der Waals surface area contributed by atoms with Crippen LogP contribution < -0.4 is 4.74 Å². The molecular formula is C14H17N5O3. The Kier molecular flexibility index (Phi) is 4.29. The SMILES string of the molecule is CO[C@@H]1CN(C(=O)COc2cccnc2)C[C@H]1c1cn[nH]n1. The first kappa shape index (κ1) is 14.5. The molecule has 0 aliphatic carbocycles. The lowest BCUT2D eigenvalue weighted by Gasteiger charge is -2.16. The van der Waals surface area contributed by atoms with Gasteiger partial charge in [0, 0.05) is 26.4 Å². The van der Waals surface area contributed by atoms with E-state index in [4.69, 9.17) is 9.47 Å². The number of hydrogen-bond donors (Lipinski definition) is 1. The number of nitrogens with zero attached hydrogens (tertiary/aromatic N) is 4. The topological polar surface area (TPSA) is 93.2 Å². The average Bonchev–Trinajstić information content (AvgIpc) is 3.22. The minimum Gasteiger partial charge on any atom is -0.482 e. The third-order valence-electron chi connectivity index (χ3n) is 3.73. The van der Waals surface area contributed by atoms with Crippen LogP contribution in [0.1, 0.15) is 11.6 Å². The molecule has 0 radical (unpaired) electrons. The Morgan fingerprint density at radius 3 is 3.05 bits per heavy atom. The summed E-state index contributed by atoms with van der Waals surface area (Å²) in [6, 6.07) is 3.53. The molecule has 1 N–H and O–H groups in total. The van der Waals surface area contributed by atoms with Crippen molar-refractivity contribution in [3.63, 3.8) is 0 Å². The highest BCUT2D eigenvalue weighted by atomic mass is 16.5. The lowest BCUT2D eigenvalue weighted by atomic mass is 10.0. The number of rotatable bonds is 5. The summed E-state index contributed by atoms with van der Waals surface area (Å²) >= 11 is 0. The van der Waals surface area contributed by atoms with Crippen LogP contribution >= 0.6 is 0 Å². The maximum absolute atomic E-state index is 12.3. The van der Waals surface area contributed by atoms with Crippen molar-refractivity contribution in [1.29, 1.82) is 0 Å². The predicted octanol–water partition coefficient (Wildman–Crippen LogP) is 0.219.